The maximum absolute atomic E-state index is 9.75. The van der Waals surface area contributed by atoms with Gasteiger partial charge in [0.25, 0.3) is 0 Å². The van der Waals surface area contributed by atoms with Crippen molar-refractivity contribution >= 4 is 35.2 Å². The molecule has 6 heteroatoms. The van der Waals surface area contributed by atoms with Crippen molar-refractivity contribution in [3.8, 4) is 0 Å². The molecule has 52 valence electrons. The Morgan fingerprint density at radius 2 is 1.33 bits per heavy atom. The van der Waals surface area contributed by atoms with Gasteiger partial charge >= 0.3 is 52.2 Å². The molecule has 0 aromatic heterocycles. The monoisotopic (exact) mass is 153 g/mol. The minimum absolute atomic E-state index is 1.38. The third-order valence-corrected chi connectivity index (χ3v) is 1.50. The van der Waals surface area contributed by atoms with E-state index >= 15 is 0 Å². The van der Waals surface area contributed by atoms with E-state index in [-0.39, 0.29) is 0 Å². The minimum Gasteiger partial charge on any atom is -0.418 e. The van der Waals surface area contributed by atoms with E-state index in [2.05, 4.69) is 6.92 Å². The fraction of sp³-hybridized carbons (Fsp3) is 1.00. The molecule has 0 aromatic carbocycles. The van der Waals surface area contributed by atoms with Crippen molar-refractivity contribution in [1.82, 2.24) is 0 Å². The molecule has 9 heavy (non-hydrogen) atoms. The average molecular weight is 153 g/mol. The van der Waals surface area contributed by atoms with E-state index in [9.17, 15) is 17.3 Å². The SMILES string of the molecule is CC[CH2][Na].F[B-](F)(F)F. The Hall–Kier alpha value is 0.785. The molecule has 0 nitrogen and oxygen atoms in total. The Morgan fingerprint density at radius 3 is 1.33 bits per heavy atom. The summed E-state index contributed by atoms with van der Waals surface area (Å²) in [6.45, 7) is 2.22. The van der Waals surface area contributed by atoms with Crippen LogP contribution in [0.4, 0.5) is 17.3 Å². The molecule has 0 saturated heterocycles. The zero-order valence-corrected chi connectivity index (χ0v) is 7.50. The van der Waals surface area contributed by atoms with Gasteiger partial charge in [0.2, 0.25) is 0 Å². The van der Waals surface area contributed by atoms with Crippen LogP contribution in [-0.2, 0) is 0 Å². The third-order valence-electron chi connectivity index (χ3n) is 0.500. The summed E-state index contributed by atoms with van der Waals surface area (Å²) < 4.78 is 40.5. The van der Waals surface area contributed by atoms with E-state index in [1.54, 1.807) is 0 Å². The van der Waals surface area contributed by atoms with E-state index in [1.165, 1.54) is 38.0 Å². The maximum Gasteiger partial charge on any atom is 0.673 e. The van der Waals surface area contributed by atoms with Crippen LogP contribution in [0.15, 0.2) is 0 Å². The summed E-state index contributed by atoms with van der Waals surface area (Å²) in [6, 6.07) is 0. The van der Waals surface area contributed by atoms with Gasteiger partial charge in [-0.15, -0.1) is 0 Å². The van der Waals surface area contributed by atoms with Crippen LogP contribution in [0.3, 0.4) is 0 Å². The van der Waals surface area contributed by atoms with Gasteiger partial charge < -0.3 is 17.3 Å². The summed E-state index contributed by atoms with van der Waals surface area (Å²) in [6.07, 6.45) is 1.38. The standard InChI is InChI=1S/C3H7.BF4.Na/c1-3-2;2-1(3,4)5;/h1,3H2,2H3;;/q;-1;. The Bertz CT molecular complexity index is 46.3. The third kappa shape index (κ3) is 127. The number of hydrogen-bond acceptors (Lipinski definition) is 0. The quantitative estimate of drug-likeness (QED) is 0.400. The number of hydrogen-bond donors (Lipinski definition) is 0. The molecule has 0 spiro atoms. The maximum atomic E-state index is 9.75. The summed E-state index contributed by atoms with van der Waals surface area (Å²) in [5.41, 5.74) is 0. The van der Waals surface area contributed by atoms with Crippen LogP contribution >= 0.6 is 0 Å². The summed E-state index contributed by atoms with van der Waals surface area (Å²) in [7, 11) is -6.00. The van der Waals surface area contributed by atoms with Gasteiger partial charge in [0.1, 0.15) is 0 Å². The van der Waals surface area contributed by atoms with Crippen molar-refractivity contribution in [2.75, 3.05) is 0 Å². The van der Waals surface area contributed by atoms with Crippen molar-refractivity contribution in [3.63, 3.8) is 0 Å². The topological polar surface area (TPSA) is 0 Å². The molecular formula is C3H7BF4Na-. The van der Waals surface area contributed by atoms with Gasteiger partial charge in [0.05, 0.1) is 0 Å². The largest absolute Gasteiger partial charge is 0.673 e. The minimum atomic E-state index is -6.00. The first-order valence-electron chi connectivity index (χ1n) is 2.79. The van der Waals surface area contributed by atoms with Gasteiger partial charge in [0, 0.05) is 0 Å². The summed E-state index contributed by atoms with van der Waals surface area (Å²) in [4.78, 5) is 0. The van der Waals surface area contributed by atoms with Crippen LogP contribution in [0.1, 0.15) is 13.3 Å². The van der Waals surface area contributed by atoms with Crippen molar-refractivity contribution < 1.29 is 17.3 Å². The van der Waals surface area contributed by atoms with Gasteiger partial charge in [-0.3, -0.25) is 0 Å². The molecule has 0 fully saturated rings. The second-order valence-electron chi connectivity index (χ2n) is 1.49. The summed E-state index contributed by atoms with van der Waals surface area (Å²) >= 11 is 1.39. The van der Waals surface area contributed by atoms with E-state index in [0.717, 1.165) is 0 Å². The van der Waals surface area contributed by atoms with E-state index in [4.69, 9.17) is 0 Å². The molecule has 0 atom stereocenters. The predicted octanol–water partition coefficient (Wildman–Crippen LogP) is 2.28. The molecule has 0 rings (SSSR count). The molecule has 0 aliphatic carbocycles. The van der Waals surface area contributed by atoms with Gasteiger partial charge in [-0.05, 0) is 0 Å². The van der Waals surface area contributed by atoms with Crippen LogP contribution in [0.2, 0.25) is 3.67 Å². The van der Waals surface area contributed by atoms with E-state index in [1.807, 2.05) is 0 Å². The molecule has 0 bridgehead atoms. The smallest absolute Gasteiger partial charge is 0.418 e. The summed E-state index contributed by atoms with van der Waals surface area (Å²) in [5.74, 6) is 0. The van der Waals surface area contributed by atoms with Crippen molar-refractivity contribution in [2.24, 2.45) is 0 Å². The van der Waals surface area contributed by atoms with E-state index < -0.39 is 7.25 Å². The van der Waals surface area contributed by atoms with Crippen LogP contribution in [0.5, 0.6) is 0 Å². The predicted molar refractivity (Wildman–Crippen MR) is 31.0 cm³/mol. The average Bonchev–Trinajstić information content (AvgIpc) is 1.61. The van der Waals surface area contributed by atoms with Crippen LogP contribution < -0.4 is 0 Å². The zero-order valence-electron chi connectivity index (χ0n) is 5.50. The number of halogens is 4. The zero-order chi connectivity index (χ0) is 7.91. The first-order chi connectivity index (χ1) is 3.91. The molecule has 0 unspecified atom stereocenters. The van der Waals surface area contributed by atoms with Crippen LogP contribution in [-0.4, -0.2) is 35.2 Å². The van der Waals surface area contributed by atoms with Crippen molar-refractivity contribution in [2.45, 2.75) is 17.0 Å². The Kier molecular flexibility index (Phi) is 9.55. The fourth-order valence-electron chi connectivity index (χ4n) is 0. The normalized spacial score (nSPS) is 10.1. The van der Waals surface area contributed by atoms with E-state index in [0.29, 0.717) is 0 Å². The Morgan fingerprint density at radius 1 is 1.22 bits per heavy atom. The molecule has 0 N–H and O–H groups in total. The first kappa shape index (κ1) is 12.5. The summed E-state index contributed by atoms with van der Waals surface area (Å²) in [5, 5.41) is 0. The number of rotatable bonds is 1. The fourth-order valence-corrected chi connectivity index (χ4v) is 0. The van der Waals surface area contributed by atoms with Gasteiger partial charge in [-0.25, -0.2) is 0 Å². The molecule has 0 saturated carbocycles. The van der Waals surface area contributed by atoms with Gasteiger partial charge in [-0.2, -0.15) is 0 Å². The molecular weight excluding hydrogens is 146 g/mol. The molecule has 0 aliphatic heterocycles. The molecule has 0 heterocycles. The Balaban J connectivity index is 0. The first-order valence-corrected chi connectivity index (χ1v) is 4.20. The molecule has 0 radical (unpaired) electrons. The molecule has 0 aliphatic rings. The second kappa shape index (κ2) is 6.90. The van der Waals surface area contributed by atoms with Crippen LogP contribution in [0, 0.1) is 0 Å². The van der Waals surface area contributed by atoms with Gasteiger partial charge in [0.15, 0.2) is 0 Å². The van der Waals surface area contributed by atoms with Crippen LogP contribution in [0.25, 0.3) is 0 Å². The Labute approximate surface area is 69.5 Å². The van der Waals surface area contributed by atoms with Gasteiger partial charge in [-0.1, -0.05) is 0 Å². The van der Waals surface area contributed by atoms with Crippen molar-refractivity contribution in [3.05, 3.63) is 0 Å². The molecule has 0 aromatic rings. The molecule has 0 amide bonds. The second-order valence-corrected chi connectivity index (χ2v) is 2.49. The van der Waals surface area contributed by atoms with Crippen molar-refractivity contribution in [1.29, 1.82) is 0 Å².